The molecule has 0 bridgehead atoms. The number of anilines is 1. The van der Waals surface area contributed by atoms with Crippen LogP contribution in [0.5, 0.6) is 0 Å². The summed E-state index contributed by atoms with van der Waals surface area (Å²) < 4.78 is 5.07. The fraction of sp³-hybridized carbons (Fsp3) is 0.333. The average molecular weight is 431 g/mol. The van der Waals surface area contributed by atoms with Gasteiger partial charge in [0.1, 0.15) is 19.8 Å². The van der Waals surface area contributed by atoms with Gasteiger partial charge >= 0.3 is 0 Å². The molecule has 1 saturated heterocycles. The Morgan fingerprint density at radius 3 is 2.77 bits per heavy atom. The Morgan fingerprint density at radius 2 is 2.07 bits per heavy atom. The topological polar surface area (TPSA) is 83.0 Å². The predicted octanol–water partition coefficient (Wildman–Crippen LogP) is 1.96. The van der Waals surface area contributed by atoms with Crippen molar-refractivity contribution in [3.63, 3.8) is 0 Å². The summed E-state index contributed by atoms with van der Waals surface area (Å²) in [5.74, 6) is -0.837. The van der Waals surface area contributed by atoms with Crippen LogP contribution in [-0.2, 0) is 14.3 Å². The fourth-order valence-corrected chi connectivity index (χ4v) is 3.37. The van der Waals surface area contributed by atoms with Crippen LogP contribution in [-0.4, -0.2) is 72.5 Å². The minimum absolute atomic E-state index is 0.0516. The maximum absolute atomic E-state index is 12.9. The van der Waals surface area contributed by atoms with E-state index in [-0.39, 0.29) is 50.6 Å². The molecule has 1 aliphatic rings. The second-order valence-corrected chi connectivity index (χ2v) is 7.31. The summed E-state index contributed by atoms with van der Waals surface area (Å²) in [6.07, 6.45) is 3.03. The van der Waals surface area contributed by atoms with Crippen molar-refractivity contribution in [1.82, 2.24) is 14.8 Å². The van der Waals surface area contributed by atoms with Crippen LogP contribution < -0.4 is 4.90 Å². The number of amides is 3. The van der Waals surface area contributed by atoms with Gasteiger partial charge in [-0.05, 0) is 36.8 Å². The van der Waals surface area contributed by atoms with Crippen LogP contribution in [0.3, 0.4) is 0 Å². The minimum atomic E-state index is -0.320. The third-order valence-electron chi connectivity index (χ3n) is 4.91. The van der Waals surface area contributed by atoms with E-state index < -0.39 is 0 Å². The van der Waals surface area contributed by atoms with E-state index in [1.807, 2.05) is 6.92 Å². The Hall–Kier alpha value is -2.97. The molecule has 1 aliphatic heterocycles. The highest BCUT2D eigenvalue weighted by Gasteiger charge is 2.33. The summed E-state index contributed by atoms with van der Waals surface area (Å²) >= 11 is 6.17. The molecular weight excluding hydrogens is 408 g/mol. The Labute approximate surface area is 180 Å². The van der Waals surface area contributed by atoms with E-state index in [1.165, 1.54) is 28.0 Å². The van der Waals surface area contributed by atoms with Gasteiger partial charge in [-0.2, -0.15) is 0 Å². The van der Waals surface area contributed by atoms with E-state index in [0.717, 1.165) is 5.56 Å². The zero-order chi connectivity index (χ0) is 21.7. The van der Waals surface area contributed by atoms with Crippen LogP contribution in [0, 0.1) is 6.92 Å². The Morgan fingerprint density at radius 1 is 1.27 bits per heavy atom. The first-order chi connectivity index (χ1) is 14.4. The summed E-state index contributed by atoms with van der Waals surface area (Å²) in [4.78, 5) is 46.6. The summed E-state index contributed by atoms with van der Waals surface area (Å²) in [7, 11) is 1.53. The Balaban J connectivity index is 1.72. The summed E-state index contributed by atoms with van der Waals surface area (Å²) in [6.45, 7) is 2.25. The molecule has 3 rings (SSSR count). The van der Waals surface area contributed by atoms with Gasteiger partial charge < -0.3 is 14.5 Å². The molecule has 158 valence electrons. The highest BCUT2D eigenvalue weighted by atomic mass is 35.5. The molecule has 0 aliphatic carbocycles. The number of halogens is 1. The third kappa shape index (κ3) is 4.77. The number of carbonyl (C=O) groups is 3. The first-order valence-corrected chi connectivity index (χ1v) is 9.81. The number of rotatable bonds is 7. The van der Waals surface area contributed by atoms with Crippen LogP contribution in [0.4, 0.5) is 5.69 Å². The number of hydrogen-bond donors (Lipinski definition) is 0. The molecule has 0 spiro atoms. The molecule has 30 heavy (non-hydrogen) atoms. The van der Waals surface area contributed by atoms with Crippen LogP contribution in [0.25, 0.3) is 0 Å². The second kappa shape index (κ2) is 9.69. The quantitative estimate of drug-likeness (QED) is 0.670. The molecule has 1 aromatic carbocycles. The summed E-state index contributed by atoms with van der Waals surface area (Å²) in [6, 6.07) is 8.61. The van der Waals surface area contributed by atoms with Crippen LogP contribution in [0.2, 0.25) is 5.02 Å². The molecule has 0 radical (unpaired) electrons. The molecule has 2 heterocycles. The van der Waals surface area contributed by atoms with E-state index in [9.17, 15) is 14.4 Å². The normalized spacial score (nSPS) is 13.6. The maximum Gasteiger partial charge on any atom is 0.255 e. The van der Waals surface area contributed by atoms with Crippen molar-refractivity contribution in [2.45, 2.75) is 6.92 Å². The first kappa shape index (κ1) is 21.7. The zero-order valence-corrected chi connectivity index (χ0v) is 17.6. The lowest BCUT2D eigenvalue weighted by atomic mass is 10.2. The highest BCUT2D eigenvalue weighted by molar-refractivity contribution is 6.31. The molecular formula is C21H23ClN4O4. The van der Waals surface area contributed by atoms with Gasteiger partial charge in [-0.25, -0.2) is 0 Å². The van der Waals surface area contributed by atoms with Crippen molar-refractivity contribution in [1.29, 1.82) is 0 Å². The summed E-state index contributed by atoms with van der Waals surface area (Å²) in [5.41, 5.74) is 1.83. The van der Waals surface area contributed by atoms with Gasteiger partial charge in [-0.3, -0.25) is 24.3 Å². The van der Waals surface area contributed by atoms with Crippen LogP contribution in [0.1, 0.15) is 15.9 Å². The number of pyridine rings is 1. The number of methoxy groups -OCH3 is 1. The van der Waals surface area contributed by atoms with Crippen LogP contribution in [0.15, 0.2) is 42.7 Å². The van der Waals surface area contributed by atoms with Gasteiger partial charge in [0.25, 0.3) is 5.91 Å². The molecule has 0 N–H and O–H groups in total. The number of carbonyl (C=O) groups excluding carboxylic acids is 3. The highest BCUT2D eigenvalue weighted by Crippen LogP contribution is 2.28. The molecule has 1 aromatic heterocycles. The van der Waals surface area contributed by atoms with Crippen molar-refractivity contribution >= 4 is 35.0 Å². The Bertz CT molecular complexity index is 938. The predicted molar refractivity (Wildman–Crippen MR) is 112 cm³/mol. The lowest BCUT2D eigenvalue weighted by Gasteiger charge is -2.25. The minimum Gasteiger partial charge on any atom is -0.383 e. The van der Waals surface area contributed by atoms with Gasteiger partial charge in [0.05, 0.1) is 12.2 Å². The van der Waals surface area contributed by atoms with E-state index in [1.54, 1.807) is 36.5 Å². The molecule has 9 heteroatoms. The van der Waals surface area contributed by atoms with Gasteiger partial charge in [-0.15, -0.1) is 0 Å². The third-order valence-corrected chi connectivity index (χ3v) is 5.32. The molecule has 2 aromatic rings. The van der Waals surface area contributed by atoms with Crippen LogP contribution >= 0.6 is 11.6 Å². The van der Waals surface area contributed by atoms with E-state index in [4.69, 9.17) is 16.3 Å². The molecule has 1 fully saturated rings. The fourth-order valence-electron chi connectivity index (χ4n) is 3.20. The lowest BCUT2D eigenvalue weighted by Crippen LogP contribution is -2.44. The smallest absolute Gasteiger partial charge is 0.255 e. The maximum atomic E-state index is 12.9. The van der Waals surface area contributed by atoms with Gasteiger partial charge in [0.2, 0.25) is 11.8 Å². The standard InChI is InChI=1S/C21H23ClN4O4/c1-15-17(22)6-3-7-18(15)26-14-25(13-20(26)28)19(27)12-24(9-10-30-2)21(29)16-5-4-8-23-11-16/h3-8,11H,9-10,12-14H2,1-2H3. The molecule has 0 atom stereocenters. The number of ether oxygens (including phenoxy) is 1. The lowest BCUT2D eigenvalue weighted by molar-refractivity contribution is -0.132. The van der Waals surface area contributed by atoms with Crippen molar-refractivity contribution in [3.8, 4) is 0 Å². The van der Waals surface area contributed by atoms with Gasteiger partial charge in [0.15, 0.2) is 0 Å². The van der Waals surface area contributed by atoms with Crippen molar-refractivity contribution in [2.75, 3.05) is 44.9 Å². The van der Waals surface area contributed by atoms with E-state index >= 15 is 0 Å². The van der Waals surface area contributed by atoms with E-state index in [0.29, 0.717) is 16.3 Å². The number of aromatic nitrogens is 1. The molecule has 8 nitrogen and oxygen atoms in total. The number of nitrogens with zero attached hydrogens (tertiary/aromatic N) is 4. The molecule has 0 unspecified atom stereocenters. The monoisotopic (exact) mass is 430 g/mol. The van der Waals surface area contributed by atoms with Crippen molar-refractivity contribution < 1.29 is 19.1 Å². The molecule has 3 amide bonds. The van der Waals surface area contributed by atoms with E-state index in [2.05, 4.69) is 4.98 Å². The number of hydrogen-bond acceptors (Lipinski definition) is 5. The van der Waals surface area contributed by atoms with Gasteiger partial charge in [0, 0.05) is 36.8 Å². The Kier molecular flexibility index (Phi) is 7.02. The van der Waals surface area contributed by atoms with Gasteiger partial charge in [-0.1, -0.05) is 17.7 Å². The summed E-state index contributed by atoms with van der Waals surface area (Å²) in [5, 5.41) is 0.554. The first-order valence-electron chi connectivity index (χ1n) is 9.44. The zero-order valence-electron chi connectivity index (χ0n) is 16.9. The second-order valence-electron chi connectivity index (χ2n) is 6.90. The molecule has 0 saturated carbocycles. The van der Waals surface area contributed by atoms with Crippen molar-refractivity contribution in [3.05, 3.63) is 58.9 Å². The van der Waals surface area contributed by atoms with Crippen molar-refractivity contribution in [2.24, 2.45) is 0 Å². The SMILES string of the molecule is COCCN(CC(=O)N1CC(=O)N(c2cccc(Cl)c2C)C1)C(=O)c1cccnc1. The number of benzene rings is 1. The average Bonchev–Trinajstić information content (AvgIpc) is 3.14. The largest absolute Gasteiger partial charge is 0.383 e.